The zero-order chi connectivity index (χ0) is 15.3. The lowest BCUT2D eigenvalue weighted by Gasteiger charge is -2.25. The lowest BCUT2D eigenvalue weighted by atomic mass is 9.99. The van der Waals surface area contributed by atoms with Crippen LogP contribution < -0.4 is 5.32 Å². The molecule has 0 aromatic heterocycles. The van der Waals surface area contributed by atoms with E-state index in [-0.39, 0.29) is 18.0 Å². The van der Waals surface area contributed by atoms with Crippen LogP contribution in [0.25, 0.3) is 0 Å². The van der Waals surface area contributed by atoms with Crippen molar-refractivity contribution in [3.8, 4) is 0 Å². The molecule has 1 saturated heterocycles. The number of hydrogen-bond donors (Lipinski definition) is 2. The summed E-state index contributed by atoms with van der Waals surface area (Å²) in [5, 5.41) is 12.0. The molecule has 2 N–H and O–H groups in total. The van der Waals surface area contributed by atoms with Gasteiger partial charge in [0.05, 0.1) is 5.92 Å². The summed E-state index contributed by atoms with van der Waals surface area (Å²) < 4.78 is 0. The van der Waals surface area contributed by atoms with Crippen LogP contribution in [-0.4, -0.2) is 65.7 Å². The smallest absolute Gasteiger partial charge is 0.317 e. The van der Waals surface area contributed by atoms with Crippen molar-refractivity contribution in [2.24, 2.45) is 11.8 Å². The Labute approximate surface area is 121 Å². The van der Waals surface area contributed by atoms with Crippen molar-refractivity contribution in [1.82, 2.24) is 15.1 Å². The van der Waals surface area contributed by atoms with Crippen molar-refractivity contribution in [3.63, 3.8) is 0 Å². The Bertz CT molecular complexity index is 345. The van der Waals surface area contributed by atoms with E-state index in [0.29, 0.717) is 13.1 Å². The number of carbonyl (C=O) groups is 2. The quantitative estimate of drug-likeness (QED) is 0.766. The van der Waals surface area contributed by atoms with E-state index in [4.69, 9.17) is 5.11 Å². The van der Waals surface area contributed by atoms with Crippen molar-refractivity contribution in [2.45, 2.75) is 33.7 Å². The number of carbonyl (C=O) groups excluding carboxylic acids is 1. The van der Waals surface area contributed by atoms with Gasteiger partial charge in [0, 0.05) is 25.7 Å². The number of hydrogen-bond acceptors (Lipinski definition) is 3. The molecule has 0 aromatic rings. The molecule has 3 unspecified atom stereocenters. The van der Waals surface area contributed by atoms with Gasteiger partial charge >= 0.3 is 12.0 Å². The van der Waals surface area contributed by atoms with Crippen molar-refractivity contribution < 1.29 is 14.7 Å². The minimum Gasteiger partial charge on any atom is -0.481 e. The number of rotatable bonds is 6. The largest absolute Gasteiger partial charge is 0.481 e. The van der Waals surface area contributed by atoms with Crippen LogP contribution in [0.5, 0.6) is 0 Å². The van der Waals surface area contributed by atoms with Gasteiger partial charge in [-0.15, -0.1) is 0 Å². The van der Waals surface area contributed by atoms with Crippen molar-refractivity contribution in [3.05, 3.63) is 0 Å². The van der Waals surface area contributed by atoms with E-state index in [1.165, 1.54) is 0 Å². The van der Waals surface area contributed by atoms with Gasteiger partial charge in [-0.2, -0.15) is 0 Å². The topological polar surface area (TPSA) is 72.9 Å². The van der Waals surface area contributed by atoms with E-state index < -0.39 is 11.9 Å². The molecule has 1 rings (SSSR count). The van der Waals surface area contributed by atoms with Gasteiger partial charge < -0.3 is 20.2 Å². The first-order valence-corrected chi connectivity index (χ1v) is 7.39. The van der Waals surface area contributed by atoms with E-state index in [1.807, 2.05) is 13.8 Å². The summed E-state index contributed by atoms with van der Waals surface area (Å²) in [5.41, 5.74) is 0. The summed E-state index contributed by atoms with van der Waals surface area (Å²) in [4.78, 5) is 27.1. The Morgan fingerprint density at radius 2 is 1.95 bits per heavy atom. The molecule has 0 saturated carbocycles. The number of aliphatic carboxylic acids is 1. The highest BCUT2D eigenvalue weighted by atomic mass is 16.4. The van der Waals surface area contributed by atoms with Gasteiger partial charge in [0.25, 0.3) is 0 Å². The number of urea groups is 1. The molecule has 3 atom stereocenters. The van der Waals surface area contributed by atoms with Gasteiger partial charge in [0.1, 0.15) is 0 Å². The summed E-state index contributed by atoms with van der Waals surface area (Å²) in [7, 11) is 0. The molecule has 0 bridgehead atoms. The van der Waals surface area contributed by atoms with Crippen LogP contribution in [0.4, 0.5) is 4.79 Å². The fourth-order valence-corrected chi connectivity index (χ4v) is 2.67. The van der Waals surface area contributed by atoms with E-state index in [9.17, 15) is 9.59 Å². The standard InChI is InChI=1S/C14H27N3O3/c1-5-16(6-2)8-11(4)15-14(20)17-7-10(3)12(9-17)13(18)19/h10-12H,5-9H2,1-4H3,(H,15,20)(H,18,19). The Kier molecular flexibility index (Phi) is 6.26. The molecule has 6 nitrogen and oxygen atoms in total. The summed E-state index contributed by atoms with van der Waals surface area (Å²) in [6, 6.07) is -0.0955. The molecular weight excluding hydrogens is 258 g/mol. The normalized spacial score (nSPS) is 23.9. The maximum absolute atomic E-state index is 12.1. The third-order valence-corrected chi connectivity index (χ3v) is 4.01. The monoisotopic (exact) mass is 285 g/mol. The molecule has 20 heavy (non-hydrogen) atoms. The van der Waals surface area contributed by atoms with Crippen LogP contribution in [0.2, 0.25) is 0 Å². The molecular formula is C14H27N3O3. The second-order valence-corrected chi connectivity index (χ2v) is 5.66. The van der Waals surface area contributed by atoms with Gasteiger partial charge in [-0.05, 0) is 25.9 Å². The number of carboxylic acid groups (broad SMARTS) is 1. The van der Waals surface area contributed by atoms with Gasteiger partial charge in [0.15, 0.2) is 0 Å². The third-order valence-electron chi connectivity index (χ3n) is 4.01. The number of likely N-dealkylation sites (N-methyl/N-ethyl adjacent to an activating group) is 1. The number of amides is 2. The highest BCUT2D eigenvalue weighted by molar-refractivity contribution is 5.77. The molecule has 1 heterocycles. The van der Waals surface area contributed by atoms with E-state index in [2.05, 4.69) is 24.1 Å². The molecule has 0 aromatic carbocycles. The maximum Gasteiger partial charge on any atom is 0.317 e. The summed E-state index contributed by atoms with van der Waals surface area (Å²) in [5.74, 6) is -1.25. The first-order valence-electron chi connectivity index (χ1n) is 7.39. The number of likely N-dealkylation sites (tertiary alicyclic amines) is 1. The van der Waals surface area contributed by atoms with Gasteiger partial charge in [-0.1, -0.05) is 20.8 Å². The zero-order valence-corrected chi connectivity index (χ0v) is 12.9. The highest BCUT2D eigenvalue weighted by Gasteiger charge is 2.37. The summed E-state index contributed by atoms with van der Waals surface area (Å²) in [6.45, 7) is 11.6. The lowest BCUT2D eigenvalue weighted by Crippen LogP contribution is -2.47. The number of nitrogens with one attached hydrogen (secondary N) is 1. The molecule has 1 aliphatic heterocycles. The van der Waals surface area contributed by atoms with Crippen molar-refractivity contribution >= 4 is 12.0 Å². The molecule has 116 valence electrons. The summed E-state index contributed by atoms with van der Waals surface area (Å²) >= 11 is 0. The predicted molar refractivity (Wildman–Crippen MR) is 77.6 cm³/mol. The second kappa shape index (κ2) is 7.47. The second-order valence-electron chi connectivity index (χ2n) is 5.66. The first-order chi connectivity index (χ1) is 9.38. The average molecular weight is 285 g/mol. The van der Waals surface area contributed by atoms with E-state index in [0.717, 1.165) is 19.6 Å². The fourth-order valence-electron chi connectivity index (χ4n) is 2.67. The molecule has 2 amide bonds. The van der Waals surface area contributed by atoms with Crippen LogP contribution in [0, 0.1) is 11.8 Å². The van der Waals surface area contributed by atoms with Gasteiger partial charge in [-0.25, -0.2) is 4.79 Å². The van der Waals surface area contributed by atoms with Crippen LogP contribution >= 0.6 is 0 Å². The number of carboxylic acids is 1. The van der Waals surface area contributed by atoms with E-state index in [1.54, 1.807) is 4.90 Å². The minimum atomic E-state index is -0.816. The predicted octanol–water partition coefficient (Wildman–Crippen LogP) is 1.08. The minimum absolute atomic E-state index is 0.0105. The fraction of sp³-hybridized carbons (Fsp3) is 0.857. The summed E-state index contributed by atoms with van der Waals surface area (Å²) in [6.07, 6.45) is 0. The first kappa shape index (κ1) is 16.8. The molecule has 0 aliphatic carbocycles. The van der Waals surface area contributed by atoms with Crippen LogP contribution in [-0.2, 0) is 4.79 Å². The Balaban J connectivity index is 2.45. The molecule has 1 aliphatic rings. The molecule has 1 fully saturated rings. The highest BCUT2D eigenvalue weighted by Crippen LogP contribution is 2.23. The molecule has 0 radical (unpaired) electrons. The van der Waals surface area contributed by atoms with E-state index >= 15 is 0 Å². The maximum atomic E-state index is 12.1. The Morgan fingerprint density at radius 1 is 1.35 bits per heavy atom. The zero-order valence-electron chi connectivity index (χ0n) is 12.9. The van der Waals surface area contributed by atoms with Gasteiger partial charge in [-0.3, -0.25) is 4.79 Å². The number of nitrogens with zero attached hydrogens (tertiary/aromatic N) is 2. The Hall–Kier alpha value is -1.30. The van der Waals surface area contributed by atoms with Crippen molar-refractivity contribution in [1.29, 1.82) is 0 Å². The average Bonchev–Trinajstić information content (AvgIpc) is 2.78. The van der Waals surface area contributed by atoms with Crippen molar-refractivity contribution in [2.75, 3.05) is 32.7 Å². The van der Waals surface area contributed by atoms with Crippen LogP contribution in [0.1, 0.15) is 27.7 Å². The van der Waals surface area contributed by atoms with Gasteiger partial charge in [0.2, 0.25) is 0 Å². The third kappa shape index (κ3) is 4.37. The van der Waals surface area contributed by atoms with Crippen LogP contribution in [0.15, 0.2) is 0 Å². The Morgan fingerprint density at radius 3 is 2.40 bits per heavy atom. The lowest BCUT2D eigenvalue weighted by molar-refractivity contribution is -0.142. The van der Waals surface area contributed by atoms with Crippen LogP contribution in [0.3, 0.4) is 0 Å². The molecule has 6 heteroatoms. The molecule has 0 spiro atoms. The SMILES string of the molecule is CCN(CC)CC(C)NC(=O)N1CC(C)C(C(=O)O)C1.